The second-order valence-electron chi connectivity index (χ2n) is 5.48. The van der Waals surface area contributed by atoms with E-state index in [1.165, 1.54) is 30.3 Å². The zero-order chi connectivity index (χ0) is 19.4. The van der Waals surface area contributed by atoms with Crippen molar-refractivity contribution in [3.8, 4) is 11.8 Å². The first-order chi connectivity index (χ1) is 13.0. The molecule has 1 aromatic heterocycles. The number of rotatable bonds is 4. The fraction of sp³-hybridized carbons (Fsp3) is 0. The molecule has 7 heteroatoms. The second kappa shape index (κ2) is 7.37. The van der Waals surface area contributed by atoms with Crippen molar-refractivity contribution in [2.45, 2.75) is 0 Å². The molecule has 0 radical (unpaired) electrons. The van der Waals surface area contributed by atoms with E-state index in [9.17, 15) is 19.6 Å². The van der Waals surface area contributed by atoms with Crippen LogP contribution in [0.3, 0.4) is 0 Å². The molecule has 0 aliphatic heterocycles. The Hall–Kier alpha value is -4.18. The Morgan fingerprint density at radius 2 is 1.85 bits per heavy atom. The number of amides is 1. The highest BCUT2D eigenvalue weighted by molar-refractivity contribution is 5.99. The van der Waals surface area contributed by atoms with Crippen molar-refractivity contribution in [3.05, 3.63) is 81.7 Å². The number of primary amides is 1. The van der Waals surface area contributed by atoms with Crippen LogP contribution in [-0.4, -0.2) is 11.9 Å². The van der Waals surface area contributed by atoms with Gasteiger partial charge in [0.15, 0.2) is 0 Å². The molecule has 0 fully saturated rings. The van der Waals surface area contributed by atoms with Crippen LogP contribution in [0.1, 0.15) is 15.9 Å². The van der Waals surface area contributed by atoms with Crippen molar-refractivity contribution in [1.29, 1.82) is 5.26 Å². The fourth-order valence-electron chi connectivity index (χ4n) is 2.34. The molecule has 1 amide bonds. The zero-order valence-corrected chi connectivity index (χ0v) is 13.8. The summed E-state index contributed by atoms with van der Waals surface area (Å²) >= 11 is 0. The maximum Gasteiger partial charge on any atom is 0.354 e. The van der Waals surface area contributed by atoms with Gasteiger partial charge in [-0.05, 0) is 29.8 Å². The lowest BCUT2D eigenvalue weighted by Gasteiger charge is -2.05. The van der Waals surface area contributed by atoms with Crippen LogP contribution in [0, 0.1) is 11.3 Å². The molecule has 1 heterocycles. The van der Waals surface area contributed by atoms with Gasteiger partial charge in [0, 0.05) is 11.5 Å². The minimum Gasteiger partial charge on any atom is -0.422 e. The topological polar surface area (TPSA) is 123 Å². The molecule has 0 spiro atoms. The van der Waals surface area contributed by atoms with Gasteiger partial charge in [-0.2, -0.15) is 5.26 Å². The van der Waals surface area contributed by atoms with Gasteiger partial charge >= 0.3 is 11.6 Å². The van der Waals surface area contributed by atoms with E-state index in [0.717, 1.165) is 0 Å². The highest BCUT2D eigenvalue weighted by Crippen LogP contribution is 2.21. The standard InChI is InChI=1S/C20H12N2O5/c21-11-14(8-12-4-2-1-3-5-12)19(24)26-15-7-6-13-9-16(18(22)23)20(25)27-17(13)10-15/h1-10H,(H2,22,23)/b14-8+. The minimum absolute atomic E-state index is 0.0803. The third-order valence-corrected chi connectivity index (χ3v) is 3.63. The molecule has 2 N–H and O–H groups in total. The van der Waals surface area contributed by atoms with Gasteiger partial charge in [0.1, 0.15) is 28.5 Å². The van der Waals surface area contributed by atoms with Crippen molar-refractivity contribution >= 4 is 28.9 Å². The number of esters is 1. The van der Waals surface area contributed by atoms with Gasteiger partial charge in [-0.25, -0.2) is 9.59 Å². The third kappa shape index (κ3) is 3.91. The van der Waals surface area contributed by atoms with Crippen LogP contribution < -0.4 is 16.1 Å². The molecule has 3 rings (SSSR count). The van der Waals surface area contributed by atoms with Crippen molar-refractivity contribution in [2.75, 3.05) is 0 Å². The Labute approximate surface area is 152 Å². The van der Waals surface area contributed by atoms with Crippen LogP contribution in [-0.2, 0) is 4.79 Å². The number of fused-ring (bicyclic) bond motifs is 1. The van der Waals surface area contributed by atoms with Crippen LogP contribution >= 0.6 is 0 Å². The lowest BCUT2D eigenvalue weighted by molar-refractivity contribution is -0.129. The maximum absolute atomic E-state index is 12.2. The number of carbonyl (C=O) groups excluding carboxylic acids is 2. The van der Waals surface area contributed by atoms with Crippen molar-refractivity contribution in [3.63, 3.8) is 0 Å². The lowest BCUT2D eigenvalue weighted by Crippen LogP contribution is -2.20. The summed E-state index contributed by atoms with van der Waals surface area (Å²) in [5.41, 5.74) is 4.55. The first kappa shape index (κ1) is 17.6. The Morgan fingerprint density at radius 3 is 2.52 bits per heavy atom. The Kier molecular flexibility index (Phi) is 4.82. The summed E-state index contributed by atoms with van der Waals surface area (Å²) in [6.07, 6.45) is 1.41. The third-order valence-electron chi connectivity index (χ3n) is 3.63. The number of nitrogens with zero attached hydrogens (tertiary/aromatic N) is 1. The van der Waals surface area contributed by atoms with E-state index in [4.69, 9.17) is 14.9 Å². The van der Waals surface area contributed by atoms with Crippen LogP contribution in [0.15, 0.2) is 69.4 Å². The molecule has 0 atom stereocenters. The number of nitriles is 1. The molecule has 0 bridgehead atoms. The summed E-state index contributed by atoms with van der Waals surface area (Å²) in [5.74, 6) is -1.67. The fourth-order valence-corrected chi connectivity index (χ4v) is 2.34. The number of carbonyl (C=O) groups is 2. The average molecular weight is 360 g/mol. The number of benzene rings is 2. The smallest absolute Gasteiger partial charge is 0.354 e. The number of hydrogen-bond donors (Lipinski definition) is 1. The molecular weight excluding hydrogens is 348 g/mol. The van der Waals surface area contributed by atoms with Gasteiger partial charge in [0.25, 0.3) is 5.91 Å². The lowest BCUT2D eigenvalue weighted by atomic mass is 10.1. The summed E-state index contributed by atoms with van der Waals surface area (Å²) < 4.78 is 10.2. The first-order valence-corrected chi connectivity index (χ1v) is 7.74. The predicted octanol–water partition coefficient (Wildman–Crippen LogP) is 2.40. The summed E-state index contributed by atoms with van der Waals surface area (Å²) in [6.45, 7) is 0. The van der Waals surface area contributed by atoms with Gasteiger partial charge in [-0.1, -0.05) is 30.3 Å². The van der Waals surface area contributed by atoms with E-state index < -0.39 is 17.5 Å². The molecule has 0 saturated heterocycles. The molecule has 7 nitrogen and oxygen atoms in total. The molecule has 132 valence electrons. The van der Waals surface area contributed by atoms with Gasteiger partial charge in [0.05, 0.1) is 0 Å². The molecule has 2 aromatic carbocycles. The van der Waals surface area contributed by atoms with E-state index in [1.54, 1.807) is 30.3 Å². The zero-order valence-electron chi connectivity index (χ0n) is 13.8. The Bertz CT molecular complexity index is 1170. The molecule has 0 aliphatic rings. The Morgan fingerprint density at radius 1 is 1.11 bits per heavy atom. The van der Waals surface area contributed by atoms with E-state index in [1.807, 2.05) is 6.07 Å². The average Bonchev–Trinajstić information content (AvgIpc) is 2.66. The van der Waals surface area contributed by atoms with Crippen LogP contribution in [0.4, 0.5) is 0 Å². The van der Waals surface area contributed by atoms with Gasteiger partial charge in [-0.15, -0.1) is 0 Å². The predicted molar refractivity (Wildman–Crippen MR) is 96.7 cm³/mol. The van der Waals surface area contributed by atoms with Crippen LogP contribution in [0.25, 0.3) is 17.0 Å². The van der Waals surface area contributed by atoms with Crippen LogP contribution in [0.2, 0.25) is 0 Å². The highest BCUT2D eigenvalue weighted by Gasteiger charge is 2.14. The quantitative estimate of drug-likeness (QED) is 0.250. The maximum atomic E-state index is 12.2. The molecule has 0 unspecified atom stereocenters. The van der Waals surface area contributed by atoms with Gasteiger partial charge in [-0.3, -0.25) is 4.79 Å². The van der Waals surface area contributed by atoms with E-state index in [-0.39, 0.29) is 22.5 Å². The Balaban J connectivity index is 1.89. The van der Waals surface area contributed by atoms with E-state index >= 15 is 0 Å². The monoisotopic (exact) mass is 360 g/mol. The first-order valence-electron chi connectivity index (χ1n) is 7.74. The van der Waals surface area contributed by atoms with Crippen molar-refractivity contribution in [1.82, 2.24) is 0 Å². The van der Waals surface area contributed by atoms with E-state index in [2.05, 4.69) is 0 Å². The molecular formula is C20H12N2O5. The SMILES string of the molecule is N#C/C(=C\c1ccccc1)C(=O)Oc1ccc2cc(C(N)=O)c(=O)oc2c1. The summed E-state index contributed by atoms with van der Waals surface area (Å²) in [7, 11) is 0. The largest absolute Gasteiger partial charge is 0.422 e. The molecule has 3 aromatic rings. The molecule has 27 heavy (non-hydrogen) atoms. The van der Waals surface area contributed by atoms with Gasteiger partial charge in [0.2, 0.25) is 0 Å². The highest BCUT2D eigenvalue weighted by atomic mass is 16.5. The molecule has 0 saturated carbocycles. The van der Waals surface area contributed by atoms with Crippen molar-refractivity contribution in [2.24, 2.45) is 5.73 Å². The van der Waals surface area contributed by atoms with E-state index in [0.29, 0.717) is 10.9 Å². The summed E-state index contributed by atoms with van der Waals surface area (Å²) in [6, 6.07) is 16.2. The number of nitrogens with two attached hydrogens (primary N) is 1. The van der Waals surface area contributed by atoms with Crippen LogP contribution in [0.5, 0.6) is 5.75 Å². The van der Waals surface area contributed by atoms with Gasteiger partial charge < -0.3 is 14.9 Å². The molecule has 0 aliphatic carbocycles. The summed E-state index contributed by atoms with van der Waals surface area (Å²) in [4.78, 5) is 35.2. The number of hydrogen-bond acceptors (Lipinski definition) is 6. The second-order valence-corrected chi connectivity index (χ2v) is 5.48. The summed E-state index contributed by atoms with van der Waals surface area (Å²) in [5, 5.41) is 9.64. The number of ether oxygens (including phenoxy) is 1. The minimum atomic E-state index is -0.897. The van der Waals surface area contributed by atoms with Crippen molar-refractivity contribution < 1.29 is 18.7 Å². The normalized spacial score (nSPS) is 11.0.